The fourth-order valence-corrected chi connectivity index (χ4v) is 3.96. The molecule has 0 aliphatic carbocycles. The molecule has 154 valence electrons. The molecule has 8 nitrogen and oxygen atoms in total. The first-order valence-electron chi connectivity index (χ1n) is 9.81. The minimum Gasteiger partial charge on any atom is -0.469 e. The predicted octanol–water partition coefficient (Wildman–Crippen LogP) is 2.37. The summed E-state index contributed by atoms with van der Waals surface area (Å²) in [5.74, 6) is 3.55. The van der Waals surface area contributed by atoms with Crippen molar-refractivity contribution in [3.63, 3.8) is 0 Å². The van der Waals surface area contributed by atoms with Crippen LogP contribution in [0.15, 0.2) is 45.3 Å². The molecule has 1 aliphatic rings. The van der Waals surface area contributed by atoms with Crippen molar-refractivity contribution in [3.8, 4) is 0 Å². The van der Waals surface area contributed by atoms with Crippen LogP contribution < -0.4 is 10.6 Å². The third-order valence-electron chi connectivity index (χ3n) is 4.73. The lowest BCUT2D eigenvalue weighted by molar-refractivity contribution is 0.177. The molecule has 0 saturated carbocycles. The van der Waals surface area contributed by atoms with Crippen molar-refractivity contribution >= 4 is 17.3 Å². The Morgan fingerprint density at radius 2 is 2.38 bits per heavy atom. The normalized spacial score (nSPS) is 16.6. The number of nitrogens with zero attached hydrogens (tertiary/aromatic N) is 4. The Balaban J connectivity index is 1.37. The monoisotopic (exact) mass is 414 g/mol. The van der Waals surface area contributed by atoms with Crippen LogP contribution in [0, 0.1) is 0 Å². The number of aryl methyl sites for hydroxylation is 1. The Hall–Kier alpha value is -2.65. The summed E-state index contributed by atoms with van der Waals surface area (Å²) < 4.78 is 12.5. The molecule has 4 rings (SSSR count). The number of hydrogen-bond donors (Lipinski definition) is 2. The lowest BCUT2D eigenvalue weighted by Gasteiger charge is -2.25. The van der Waals surface area contributed by atoms with Gasteiger partial charge in [0.1, 0.15) is 18.2 Å². The maximum Gasteiger partial charge on any atom is 0.191 e. The molecule has 9 heteroatoms. The smallest absolute Gasteiger partial charge is 0.191 e. The van der Waals surface area contributed by atoms with Crippen molar-refractivity contribution in [3.05, 3.63) is 58.2 Å². The summed E-state index contributed by atoms with van der Waals surface area (Å²) in [6, 6.07) is 8.31. The van der Waals surface area contributed by atoms with Crippen LogP contribution in [0.1, 0.15) is 28.7 Å². The lowest BCUT2D eigenvalue weighted by Crippen LogP contribution is -2.47. The molecule has 0 fully saturated rings. The van der Waals surface area contributed by atoms with Crippen molar-refractivity contribution < 1.29 is 9.15 Å². The molecule has 0 spiro atoms. The van der Waals surface area contributed by atoms with Gasteiger partial charge >= 0.3 is 0 Å². The fraction of sp³-hybridized carbons (Fsp3) is 0.450. The van der Waals surface area contributed by atoms with Gasteiger partial charge in [-0.1, -0.05) is 6.07 Å². The first-order chi connectivity index (χ1) is 14.3. The number of hydrogen-bond acceptors (Lipinski definition) is 6. The van der Waals surface area contributed by atoms with E-state index in [-0.39, 0.29) is 6.04 Å². The van der Waals surface area contributed by atoms with Crippen molar-refractivity contribution in [2.24, 2.45) is 4.99 Å². The van der Waals surface area contributed by atoms with E-state index in [1.165, 1.54) is 4.88 Å². The van der Waals surface area contributed by atoms with E-state index in [2.05, 4.69) is 38.2 Å². The number of ether oxygens (including phenoxy) is 1. The molecule has 0 aromatic carbocycles. The van der Waals surface area contributed by atoms with E-state index in [1.807, 2.05) is 16.8 Å². The number of aliphatic imine (C=N–C) groups is 1. The van der Waals surface area contributed by atoms with Gasteiger partial charge in [0.25, 0.3) is 0 Å². The van der Waals surface area contributed by atoms with Crippen molar-refractivity contribution in [1.82, 2.24) is 25.4 Å². The van der Waals surface area contributed by atoms with Crippen LogP contribution in [0.4, 0.5) is 0 Å². The van der Waals surface area contributed by atoms with E-state index in [9.17, 15) is 0 Å². The molecule has 1 aliphatic heterocycles. The molecule has 0 bridgehead atoms. The van der Waals surface area contributed by atoms with Crippen LogP contribution in [0.25, 0.3) is 0 Å². The number of aromatic nitrogens is 3. The minimum atomic E-state index is 0.248. The Morgan fingerprint density at radius 1 is 1.41 bits per heavy atom. The summed E-state index contributed by atoms with van der Waals surface area (Å²) >= 11 is 1.72. The Bertz CT molecular complexity index is 904. The topological polar surface area (TPSA) is 89.5 Å². The standard InChI is InChI=1S/C20H26N6O2S/c1-27-14-18-24-19-7-6-15(13-26(19)25-18)23-20(22-12-17-5-3-11-29-17)21-9-8-16-4-2-10-28-16/h2-5,10-11,15H,6-9,12-14H2,1H3,(H2,21,22,23). The van der Waals surface area contributed by atoms with E-state index in [0.717, 1.165) is 55.7 Å². The van der Waals surface area contributed by atoms with Gasteiger partial charge in [0.2, 0.25) is 0 Å². The minimum absolute atomic E-state index is 0.248. The molecule has 3 aromatic heterocycles. The summed E-state index contributed by atoms with van der Waals surface area (Å²) in [7, 11) is 1.66. The summed E-state index contributed by atoms with van der Waals surface area (Å²) in [6.07, 6.45) is 4.39. The summed E-state index contributed by atoms with van der Waals surface area (Å²) in [5.41, 5.74) is 0. The van der Waals surface area contributed by atoms with Gasteiger partial charge in [0.05, 0.1) is 19.4 Å². The Labute approximate surface area is 174 Å². The van der Waals surface area contributed by atoms with Crippen molar-refractivity contribution in [2.45, 2.75) is 45.0 Å². The quantitative estimate of drug-likeness (QED) is 0.435. The molecule has 0 amide bonds. The zero-order chi connectivity index (χ0) is 19.9. The molecule has 0 radical (unpaired) electrons. The van der Waals surface area contributed by atoms with E-state index < -0.39 is 0 Å². The van der Waals surface area contributed by atoms with Crippen LogP contribution >= 0.6 is 11.3 Å². The highest BCUT2D eigenvalue weighted by Gasteiger charge is 2.22. The first kappa shape index (κ1) is 19.7. The van der Waals surface area contributed by atoms with Gasteiger partial charge in [-0.3, -0.25) is 0 Å². The highest BCUT2D eigenvalue weighted by molar-refractivity contribution is 7.09. The molecule has 1 unspecified atom stereocenters. The number of rotatable bonds is 8. The number of thiophene rings is 1. The van der Waals surface area contributed by atoms with Crippen LogP contribution in [0.5, 0.6) is 0 Å². The number of furan rings is 1. The number of methoxy groups -OCH3 is 1. The molecule has 4 heterocycles. The van der Waals surface area contributed by atoms with E-state index >= 15 is 0 Å². The molecule has 3 aromatic rings. The van der Waals surface area contributed by atoms with E-state index in [0.29, 0.717) is 13.2 Å². The SMILES string of the molecule is COCc1nc2n(n1)CC(NC(=NCc1cccs1)NCCc1ccco1)CC2. The zero-order valence-corrected chi connectivity index (χ0v) is 17.3. The zero-order valence-electron chi connectivity index (χ0n) is 16.5. The second-order valence-corrected chi connectivity index (χ2v) is 7.97. The number of nitrogens with one attached hydrogen (secondary N) is 2. The third-order valence-corrected chi connectivity index (χ3v) is 5.59. The van der Waals surface area contributed by atoms with Crippen LogP contribution in [0.3, 0.4) is 0 Å². The van der Waals surface area contributed by atoms with Crippen LogP contribution in [-0.2, 0) is 37.3 Å². The average Bonchev–Trinajstić information content (AvgIpc) is 3.47. The second kappa shape index (κ2) is 9.71. The Kier molecular flexibility index (Phi) is 6.58. The third kappa shape index (κ3) is 5.45. The van der Waals surface area contributed by atoms with E-state index in [1.54, 1.807) is 24.7 Å². The molecule has 0 saturated heterocycles. The second-order valence-electron chi connectivity index (χ2n) is 6.94. The van der Waals surface area contributed by atoms with Crippen molar-refractivity contribution in [2.75, 3.05) is 13.7 Å². The van der Waals surface area contributed by atoms with Gasteiger partial charge in [-0.15, -0.1) is 11.3 Å². The van der Waals surface area contributed by atoms with Crippen molar-refractivity contribution in [1.29, 1.82) is 0 Å². The summed E-state index contributed by atoms with van der Waals surface area (Å²) in [5, 5.41) is 13.6. The largest absolute Gasteiger partial charge is 0.469 e. The maximum absolute atomic E-state index is 5.42. The molecule has 29 heavy (non-hydrogen) atoms. The summed E-state index contributed by atoms with van der Waals surface area (Å²) in [6.45, 7) is 2.62. The molecule has 2 N–H and O–H groups in total. The number of guanidine groups is 1. The maximum atomic E-state index is 5.42. The average molecular weight is 415 g/mol. The van der Waals surface area contributed by atoms with Gasteiger partial charge in [0.15, 0.2) is 11.8 Å². The highest BCUT2D eigenvalue weighted by atomic mass is 32.1. The predicted molar refractivity (Wildman–Crippen MR) is 112 cm³/mol. The van der Waals surface area contributed by atoms with Gasteiger partial charge in [0, 0.05) is 37.4 Å². The molecule has 1 atom stereocenters. The number of fused-ring (bicyclic) bond motifs is 1. The highest BCUT2D eigenvalue weighted by Crippen LogP contribution is 2.14. The lowest BCUT2D eigenvalue weighted by atomic mass is 10.1. The molecular weight excluding hydrogens is 388 g/mol. The Morgan fingerprint density at radius 3 is 3.17 bits per heavy atom. The van der Waals surface area contributed by atoms with Crippen LogP contribution in [-0.4, -0.2) is 40.4 Å². The summed E-state index contributed by atoms with van der Waals surface area (Å²) in [4.78, 5) is 10.6. The fourth-order valence-electron chi connectivity index (χ4n) is 3.33. The van der Waals surface area contributed by atoms with Gasteiger partial charge < -0.3 is 19.8 Å². The van der Waals surface area contributed by atoms with Gasteiger partial charge in [-0.25, -0.2) is 14.7 Å². The van der Waals surface area contributed by atoms with Gasteiger partial charge in [-0.05, 0) is 30.0 Å². The van der Waals surface area contributed by atoms with E-state index in [4.69, 9.17) is 14.1 Å². The van der Waals surface area contributed by atoms with Gasteiger partial charge in [-0.2, -0.15) is 5.10 Å². The first-order valence-corrected chi connectivity index (χ1v) is 10.7. The molecular formula is C20H26N6O2S. The van der Waals surface area contributed by atoms with Crippen LogP contribution in [0.2, 0.25) is 0 Å².